The second-order valence-corrected chi connectivity index (χ2v) is 36.8. The Balaban J connectivity index is 0.000000161. The number of carbonyl (C=O) groups is 8. The highest BCUT2D eigenvalue weighted by Crippen LogP contribution is 2.34. The first-order chi connectivity index (χ1) is 69.9. The summed E-state index contributed by atoms with van der Waals surface area (Å²) < 4.78 is 33.0. The molecule has 0 radical (unpaired) electrons. The largest absolute Gasteiger partial charge is 0.503 e. The molecule has 10 aliphatic heterocycles. The molecule has 0 saturated carbocycles. The number of aromatic hydroxyl groups is 8. The lowest BCUT2D eigenvalue weighted by Crippen LogP contribution is -2.56. The molecule has 148 heavy (non-hydrogen) atoms. The van der Waals surface area contributed by atoms with Crippen molar-refractivity contribution in [2.45, 2.75) is 175 Å². The van der Waals surface area contributed by atoms with Crippen molar-refractivity contribution in [2.24, 2.45) is 0 Å². The predicted molar refractivity (Wildman–Crippen MR) is 532 cm³/mol. The first kappa shape index (κ1) is 114. The number of hydrogen-bond donors (Lipinski definition) is 8. The molecule has 2 saturated heterocycles. The number of ether oxygens (including phenoxy) is 4. The summed E-state index contributed by atoms with van der Waals surface area (Å²) in [7, 11) is 13.2. The summed E-state index contributed by atoms with van der Waals surface area (Å²) in [4.78, 5) is 192. The van der Waals surface area contributed by atoms with Crippen molar-refractivity contribution in [3.8, 4) is 46.0 Å². The Hall–Kier alpha value is -14.7. The maximum absolute atomic E-state index is 12.6. The molecule has 0 aliphatic carbocycles. The highest BCUT2D eigenvalue weighted by Gasteiger charge is 2.44. The van der Waals surface area contributed by atoms with Gasteiger partial charge in [0.05, 0.1) is 92.9 Å². The zero-order valence-electron chi connectivity index (χ0n) is 87.2. The highest BCUT2D eigenvalue weighted by atomic mass is 16.5. The van der Waals surface area contributed by atoms with Gasteiger partial charge in [0.1, 0.15) is 0 Å². The molecule has 0 bridgehead atoms. The molecular formula is C96H132N24O28. The van der Waals surface area contributed by atoms with Crippen LogP contribution in [0, 0.1) is 55.4 Å². The van der Waals surface area contributed by atoms with Crippen LogP contribution < -0.4 is 43.4 Å². The lowest BCUT2D eigenvalue weighted by atomic mass is 10.2. The molecule has 10 aliphatic rings. The Kier molecular flexibility index (Phi) is 36.4. The van der Waals surface area contributed by atoms with E-state index in [0.717, 1.165) is 25.9 Å². The minimum atomic E-state index is -0.517. The summed E-state index contributed by atoms with van der Waals surface area (Å²) in [6, 6.07) is 0.0287. The lowest BCUT2D eigenvalue weighted by Gasteiger charge is -2.42. The molecule has 18 rings (SSSR count). The molecule has 52 heteroatoms. The Bertz CT molecular complexity index is 6950. The van der Waals surface area contributed by atoms with Crippen LogP contribution >= 0.6 is 0 Å². The van der Waals surface area contributed by atoms with E-state index in [1.54, 1.807) is 238 Å². The van der Waals surface area contributed by atoms with Crippen molar-refractivity contribution >= 4 is 47.3 Å². The molecule has 8 N–H and O–H groups in total. The molecule has 0 spiro atoms. The molecule has 8 amide bonds. The van der Waals surface area contributed by atoms with Crippen molar-refractivity contribution in [2.75, 3.05) is 149 Å². The summed E-state index contributed by atoms with van der Waals surface area (Å²) in [6.45, 7) is 35.2. The molecule has 1 atom stereocenters. The summed E-state index contributed by atoms with van der Waals surface area (Å²) in [6.07, 6.45) is 14.7. The topological polar surface area (TPSA) is 563 Å². The SMILES string of the molecule is CCN1C(=O)c2c(O)c(=O)c(C)cn2CN1C.CCN1Cn2cc(C)c(=O)c(O)c2C(=O)N1CC.COCCN1C(=O)c2c(O)c(=O)c(C)cn2CN1C.COCCN1Cn2cc(C)c(=O)c(O)c2C(=O)N1C(C)C.COCCN1Cn2cc(C)c(=O)c(O)c2C(=O)N1CCOC.Cc1cn2c(c(O)c1=O)C(=O)N(C)N(C)C2.Cc1cn2c(c(O)c1=O)C(=O)N1C(C)CCN1C2.Cc1cn2c(c(O)c1=O)C(=O)N1CCCN1C2. The fourth-order valence-corrected chi connectivity index (χ4v) is 18.4. The number of nitrogens with zero attached hydrogens (tertiary/aromatic N) is 24. The highest BCUT2D eigenvalue weighted by molar-refractivity contribution is 6.00. The van der Waals surface area contributed by atoms with E-state index < -0.39 is 101 Å². The van der Waals surface area contributed by atoms with Crippen LogP contribution in [0.1, 0.15) is 183 Å². The van der Waals surface area contributed by atoms with Gasteiger partial charge < -0.3 is 96.3 Å². The monoisotopic (exact) mass is 2070 g/mol. The van der Waals surface area contributed by atoms with Crippen molar-refractivity contribution in [1.82, 2.24) is 117 Å². The lowest BCUT2D eigenvalue weighted by molar-refractivity contribution is -0.0708. The van der Waals surface area contributed by atoms with Gasteiger partial charge in [-0.15, -0.1) is 0 Å². The standard InChI is InChI=1S/C14H21N3O5.C14H21N3O4.C12H17N3O4.C12H15N3O3.C12H17N3O3.C11H13N3O3.C11H15N3O3.C10H13N3O3/c1-10-8-15-9-16(4-6-21-2)17(5-7-22-3)14(20)11(15)13(19)12(10)18;1-9(2)17-14(20)11-13(19)12(18)10(3)7-15(11)8-16(17)5-6-21-4;1-8-6-14-7-13(2)15(4-5-19-3)12(18)9(14)11(17)10(8)16;1-7-5-13-6-14-4-3-8(2)15(14)12(18)9(13)11(17)10(7)16;1-4-14-7-13-6-8(3)10(16)11(17)9(13)12(18)15(14)5-2;1-7-5-12-6-13-3-2-4-14(13)11(17)8(12)10(16)9(7)15;1-4-14-11(17)8-10(16)9(15)7(2)5-13(8)6-12(14)3;1-6-4-13-5-11(2)12(3)10(16)7(13)9(15)8(6)14/h8,19H,4-7,9H2,1-3H3;7,9,19H,5-6,8H2,1-4H3;6,17H,4-5,7H2,1-3H3;5,8,17H,3-4,6H2,1-2H3;6,17H,4-5,7H2,1-3H3;5,16H,2-4,6H2,1H3;5,16H,4,6H2,1-3H3;4,15H,5H2,1-3H3. The number of pyridine rings is 8. The van der Waals surface area contributed by atoms with Gasteiger partial charge in [-0.2, -0.15) is 25.0 Å². The molecule has 0 aromatic carbocycles. The fourth-order valence-electron chi connectivity index (χ4n) is 18.4. The minimum Gasteiger partial charge on any atom is -0.503 e. The van der Waals surface area contributed by atoms with Crippen molar-refractivity contribution in [1.29, 1.82) is 0 Å². The molecule has 52 nitrogen and oxygen atoms in total. The Morgan fingerprint density at radius 3 is 0.953 bits per heavy atom. The van der Waals surface area contributed by atoms with Gasteiger partial charge in [-0.3, -0.25) is 117 Å². The number of carbonyl (C=O) groups excluding carboxylic acids is 8. The second kappa shape index (κ2) is 47.4. The average Bonchev–Trinajstić information content (AvgIpc) is 1.51. The van der Waals surface area contributed by atoms with Gasteiger partial charge in [0, 0.05) is 215 Å². The van der Waals surface area contributed by atoms with E-state index >= 15 is 0 Å². The molecule has 8 aromatic heterocycles. The van der Waals surface area contributed by atoms with Crippen LogP contribution in [0.15, 0.2) is 87.9 Å². The van der Waals surface area contributed by atoms with Gasteiger partial charge in [0.2, 0.25) is 43.4 Å². The Morgan fingerprint density at radius 2 is 0.581 bits per heavy atom. The third-order valence-corrected chi connectivity index (χ3v) is 26.2. The summed E-state index contributed by atoms with van der Waals surface area (Å²) >= 11 is 0. The van der Waals surface area contributed by atoms with Crippen LogP contribution in [0.25, 0.3) is 0 Å². The average molecular weight is 2070 g/mol. The van der Waals surface area contributed by atoms with E-state index in [4.69, 9.17) is 18.9 Å². The number of amides is 8. The Morgan fingerprint density at radius 1 is 0.297 bits per heavy atom. The van der Waals surface area contributed by atoms with Gasteiger partial charge in [-0.25, -0.2) is 15.0 Å². The van der Waals surface area contributed by atoms with Crippen LogP contribution in [0.3, 0.4) is 0 Å². The fraction of sp³-hybridized carbons (Fsp3) is 0.500. The third-order valence-electron chi connectivity index (χ3n) is 26.2. The molecule has 1 unspecified atom stereocenters. The maximum Gasteiger partial charge on any atom is 0.289 e. The maximum atomic E-state index is 12.6. The Labute approximate surface area is 849 Å². The smallest absolute Gasteiger partial charge is 0.289 e. The number of fused-ring (bicyclic) bond motifs is 10. The van der Waals surface area contributed by atoms with E-state index in [1.807, 2.05) is 61.6 Å². The minimum absolute atomic E-state index is 0.0142. The summed E-state index contributed by atoms with van der Waals surface area (Å²) in [5, 5.41) is 106. The van der Waals surface area contributed by atoms with Crippen LogP contribution in [-0.4, -0.2) is 365 Å². The molecular weight excluding hydrogens is 1940 g/mol. The quantitative estimate of drug-likeness (QED) is 0.0660. The van der Waals surface area contributed by atoms with E-state index in [0.29, 0.717) is 177 Å². The number of aromatic nitrogens is 8. The molecule has 804 valence electrons. The first-order valence-corrected chi connectivity index (χ1v) is 47.7. The van der Waals surface area contributed by atoms with E-state index in [2.05, 4.69) is 0 Å². The van der Waals surface area contributed by atoms with Gasteiger partial charge in [-0.1, -0.05) is 6.92 Å². The van der Waals surface area contributed by atoms with Crippen molar-refractivity contribution in [3.63, 3.8) is 0 Å². The van der Waals surface area contributed by atoms with Crippen LogP contribution in [0.2, 0.25) is 0 Å². The van der Waals surface area contributed by atoms with Crippen LogP contribution in [0.5, 0.6) is 46.0 Å². The number of rotatable bonds is 16. The summed E-state index contributed by atoms with van der Waals surface area (Å²) in [5.74, 6) is -6.54. The molecule has 2 fully saturated rings. The van der Waals surface area contributed by atoms with E-state index in [9.17, 15) is 118 Å². The second-order valence-electron chi connectivity index (χ2n) is 36.8. The zero-order valence-corrected chi connectivity index (χ0v) is 87.2. The van der Waals surface area contributed by atoms with Gasteiger partial charge in [0.25, 0.3) is 47.3 Å². The normalized spacial score (nSPS) is 17.1. The van der Waals surface area contributed by atoms with Crippen molar-refractivity contribution in [3.05, 3.63) is 221 Å². The van der Waals surface area contributed by atoms with Crippen LogP contribution in [-0.2, 0) is 72.3 Å². The number of aryl methyl sites for hydroxylation is 8. The molecule has 8 aromatic rings. The molecule has 18 heterocycles. The zero-order chi connectivity index (χ0) is 110. The van der Waals surface area contributed by atoms with Crippen molar-refractivity contribution < 1.29 is 98.2 Å². The van der Waals surface area contributed by atoms with Gasteiger partial charge >= 0.3 is 0 Å². The van der Waals surface area contributed by atoms with Crippen LogP contribution in [0.4, 0.5) is 0 Å². The first-order valence-electron chi connectivity index (χ1n) is 47.7. The van der Waals surface area contributed by atoms with E-state index in [1.165, 1.54) is 20.0 Å². The van der Waals surface area contributed by atoms with Gasteiger partial charge in [-0.05, 0) is 103 Å². The van der Waals surface area contributed by atoms with Gasteiger partial charge in [0.15, 0.2) is 91.5 Å². The van der Waals surface area contributed by atoms with E-state index in [-0.39, 0.29) is 93.1 Å². The number of methoxy groups -OCH3 is 4. The number of hydrazine groups is 8. The summed E-state index contributed by atoms with van der Waals surface area (Å²) in [5.41, 5.74) is 0.0292. The predicted octanol–water partition coefficient (Wildman–Crippen LogP) is 0.710. The number of hydrogen-bond acceptors (Lipinski definition) is 36. The third kappa shape index (κ3) is 22.6.